The van der Waals surface area contributed by atoms with Crippen molar-refractivity contribution in [2.45, 2.75) is 32.2 Å². The molecule has 15 heavy (non-hydrogen) atoms. The maximum Gasteiger partial charge on any atom is 0.243 e. The van der Waals surface area contributed by atoms with E-state index in [1.165, 1.54) is 0 Å². The van der Waals surface area contributed by atoms with E-state index < -0.39 is 0 Å². The standard InChI is InChI=1S/C10H17N3O2/c1-6(2)8(11)10-12-9(13-15-10)7-3-4-14-5-7/h6-8H,3-5,11H2,1-2H3/t7?,8-/m1/s1. The molecule has 5 nitrogen and oxygen atoms in total. The number of rotatable bonds is 3. The number of nitrogens with two attached hydrogens (primary N) is 1. The second-order valence-electron chi connectivity index (χ2n) is 4.32. The highest BCUT2D eigenvalue weighted by atomic mass is 16.5. The Bertz CT molecular complexity index is 302. The van der Waals surface area contributed by atoms with Gasteiger partial charge in [0.1, 0.15) is 0 Å². The molecule has 0 saturated carbocycles. The van der Waals surface area contributed by atoms with Crippen LogP contribution < -0.4 is 5.73 Å². The van der Waals surface area contributed by atoms with Gasteiger partial charge in [-0.3, -0.25) is 0 Å². The monoisotopic (exact) mass is 211 g/mol. The van der Waals surface area contributed by atoms with Gasteiger partial charge in [0.05, 0.1) is 12.6 Å². The summed E-state index contributed by atoms with van der Waals surface area (Å²) >= 11 is 0. The highest BCUT2D eigenvalue weighted by Crippen LogP contribution is 2.24. The smallest absolute Gasteiger partial charge is 0.243 e. The zero-order valence-corrected chi connectivity index (χ0v) is 9.14. The second kappa shape index (κ2) is 4.28. The first kappa shape index (κ1) is 10.6. The molecule has 0 bridgehead atoms. The molecule has 0 aromatic carbocycles. The maximum atomic E-state index is 5.92. The second-order valence-corrected chi connectivity index (χ2v) is 4.32. The number of hydrogen-bond donors (Lipinski definition) is 1. The fourth-order valence-corrected chi connectivity index (χ4v) is 1.57. The third kappa shape index (κ3) is 2.18. The van der Waals surface area contributed by atoms with Crippen molar-refractivity contribution in [3.8, 4) is 0 Å². The predicted octanol–water partition coefficient (Wildman–Crippen LogP) is 1.23. The molecule has 2 rings (SSSR count). The van der Waals surface area contributed by atoms with Gasteiger partial charge in [-0.25, -0.2) is 0 Å². The van der Waals surface area contributed by atoms with Crippen LogP contribution in [-0.4, -0.2) is 23.4 Å². The molecular formula is C10H17N3O2. The predicted molar refractivity (Wildman–Crippen MR) is 54.2 cm³/mol. The largest absolute Gasteiger partial charge is 0.381 e. The van der Waals surface area contributed by atoms with Crippen molar-refractivity contribution in [2.24, 2.45) is 11.7 Å². The molecule has 2 heterocycles. The Morgan fingerprint density at radius 1 is 1.47 bits per heavy atom. The van der Waals surface area contributed by atoms with Gasteiger partial charge in [0.2, 0.25) is 5.89 Å². The lowest BCUT2D eigenvalue weighted by atomic mass is 10.1. The highest BCUT2D eigenvalue weighted by molar-refractivity contribution is 5.00. The number of aromatic nitrogens is 2. The molecule has 0 spiro atoms. The molecule has 1 saturated heterocycles. The van der Waals surface area contributed by atoms with Crippen LogP contribution in [-0.2, 0) is 4.74 Å². The summed E-state index contributed by atoms with van der Waals surface area (Å²) < 4.78 is 10.4. The quantitative estimate of drug-likeness (QED) is 0.813. The molecule has 1 aliphatic rings. The molecule has 0 radical (unpaired) electrons. The fraction of sp³-hybridized carbons (Fsp3) is 0.800. The maximum absolute atomic E-state index is 5.92. The van der Waals surface area contributed by atoms with Gasteiger partial charge in [0.15, 0.2) is 5.82 Å². The van der Waals surface area contributed by atoms with Crippen molar-refractivity contribution in [2.75, 3.05) is 13.2 Å². The lowest BCUT2D eigenvalue weighted by Crippen LogP contribution is -2.17. The summed E-state index contributed by atoms with van der Waals surface area (Å²) in [5.41, 5.74) is 5.92. The van der Waals surface area contributed by atoms with Crippen molar-refractivity contribution >= 4 is 0 Å². The summed E-state index contributed by atoms with van der Waals surface area (Å²) in [5, 5.41) is 3.96. The number of nitrogens with zero attached hydrogens (tertiary/aromatic N) is 2. The molecule has 0 amide bonds. The molecule has 2 N–H and O–H groups in total. The van der Waals surface area contributed by atoms with Crippen LogP contribution in [0.3, 0.4) is 0 Å². The van der Waals surface area contributed by atoms with E-state index in [1.807, 2.05) is 13.8 Å². The van der Waals surface area contributed by atoms with Gasteiger partial charge in [-0.15, -0.1) is 0 Å². The van der Waals surface area contributed by atoms with E-state index >= 15 is 0 Å². The molecule has 2 atom stereocenters. The normalized spacial score (nSPS) is 23.6. The SMILES string of the molecule is CC(C)[C@@H](N)c1nc(C2CCOC2)no1. The Hall–Kier alpha value is -0.940. The zero-order chi connectivity index (χ0) is 10.8. The Morgan fingerprint density at radius 3 is 2.87 bits per heavy atom. The summed E-state index contributed by atoms with van der Waals surface area (Å²) in [6.07, 6.45) is 0.968. The topological polar surface area (TPSA) is 74.2 Å². The van der Waals surface area contributed by atoms with E-state index in [-0.39, 0.29) is 12.0 Å². The van der Waals surface area contributed by atoms with Crippen LogP contribution in [0.5, 0.6) is 0 Å². The molecular weight excluding hydrogens is 194 g/mol. The van der Waals surface area contributed by atoms with Gasteiger partial charge in [0.25, 0.3) is 0 Å². The van der Waals surface area contributed by atoms with Crippen molar-refractivity contribution in [3.05, 3.63) is 11.7 Å². The van der Waals surface area contributed by atoms with E-state index in [0.29, 0.717) is 18.4 Å². The van der Waals surface area contributed by atoms with Crippen molar-refractivity contribution in [1.82, 2.24) is 10.1 Å². The van der Waals surface area contributed by atoms with Crippen molar-refractivity contribution in [1.29, 1.82) is 0 Å². The summed E-state index contributed by atoms with van der Waals surface area (Å²) in [5.74, 6) is 1.85. The van der Waals surface area contributed by atoms with Crippen LogP contribution in [0.1, 0.15) is 43.9 Å². The minimum absolute atomic E-state index is 0.173. The molecule has 1 fully saturated rings. The van der Waals surface area contributed by atoms with E-state index in [0.717, 1.165) is 18.9 Å². The van der Waals surface area contributed by atoms with Crippen LogP contribution in [0, 0.1) is 5.92 Å². The van der Waals surface area contributed by atoms with Crippen LogP contribution in [0.15, 0.2) is 4.52 Å². The summed E-state index contributed by atoms with van der Waals surface area (Å²) in [6.45, 7) is 5.54. The molecule has 84 valence electrons. The van der Waals surface area contributed by atoms with Gasteiger partial charge < -0.3 is 15.0 Å². The molecule has 1 aromatic rings. The Morgan fingerprint density at radius 2 is 2.27 bits per heavy atom. The van der Waals surface area contributed by atoms with Crippen molar-refractivity contribution in [3.63, 3.8) is 0 Å². The van der Waals surface area contributed by atoms with E-state index in [4.69, 9.17) is 15.0 Å². The average Bonchev–Trinajstić information content (AvgIpc) is 2.86. The summed E-state index contributed by atoms with van der Waals surface area (Å²) in [4.78, 5) is 4.33. The fourth-order valence-electron chi connectivity index (χ4n) is 1.57. The first-order chi connectivity index (χ1) is 7.18. The first-order valence-corrected chi connectivity index (χ1v) is 5.35. The van der Waals surface area contributed by atoms with Crippen LogP contribution in [0.2, 0.25) is 0 Å². The summed E-state index contributed by atoms with van der Waals surface area (Å²) in [7, 11) is 0. The van der Waals surface area contributed by atoms with Gasteiger partial charge in [-0.1, -0.05) is 19.0 Å². The van der Waals surface area contributed by atoms with E-state index in [1.54, 1.807) is 0 Å². The third-order valence-corrected chi connectivity index (χ3v) is 2.76. The Kier molecular flexibility index (Phi) is 3.02. The summed E-state index contributed by atoms with van der Waals surface area (Å²) in [6, 6.07) is -0.173. The van der Waals surface area contributed by atoms with E-state index in [9.17, 15) is 0 Å². The van der Waals surface area contributed by atoms with E-state index in [2.05, 4.69) is 10.1 Å². The average molecular weight is 211 g/mol. The molecule has 1 aromatic heterocycles. The van der Waals surface area contributed by atoms with Gasteiger partial charge in [0, 0.05) is 12.5 Å². The van der Waals surface area contributed by atoms with Gasteiger partial charge in [-0.05, 0) is 12.3 Å². The Labute approximate surface area is 89.0 Å². The lowest BCUT2D eigenvalue weighted by Gasteiger charge is -2.09. The van der Waals surface area contributed by atoms with Gasteiger partial charge >= 0.3 is 0 Å². The van der Waals surface area contributed by atoms with Crippen LogP contribution in [0.25, 0.3) is 0 Å². The minimum Gasteiger partial charge on any atom is -0.381 e. The minimum atomic E-state index is -0.173. The van der Waals surface area contributed by atoms with Gasteiger partial charge in [-0.2, -0.15) is 4.98 Å². The third-order valence-electron chi connectivity index (χ3n) is 2.76. The number of hydrogen-bond acceptors (Lipinski definition) is 5. The zero-order valence-electron chi connectivity index (χ0n) is 9.14. The molecule has 1 unspecified atom stereocenters. The highest BCUT2D eigenvalue weighted by Gasteiger charge is 2.25. The van der Waals surface area contributed by atoms with Crippen LogP contribution >= 0.6 is 0 Å². The molecule has 5 heteroatoms. The molecule has 0 aliphatic carbocycles. The molecule has 1 aliphatic heterocycles. The Balaban J connectivity index is 2.09. The number of ether oxygens (including phenoxy) is 1. The lowest BCUT2D eigenvalue weighted by molar-refractivity contribution is 0.192. The first-order valence-electron chi connectivity index (χ1n) is 5.35. The van der Waals surface area contributed by atoms with Crippen LogP contribution in [0.4, 0.5) is 0 Å². The van der Waals surface area contributed by atoms with Crippen molar-refractivity contribution < 1.29 is 9.26 Å².